The minimum absolute atomic E-state index is 0.0244. The van der Waals surface area contributed by atoms with Gasteiger partial charge in [0, 0.05) is 6.08 Å². The molecule has 0 fully saturated rings. The van der Waals surface area contributed by atoms with E-state index in [1.54, 1.807) is 36.4 Å². The molecule has 0 heterocycles. The summed E-state index contributed by atoms with van der Waals surface area (Å²) in [4.78, 5) is 9.90. The number of allylic oxidation sites excluding steroid dienone is 3. The zero-order valence-electron chi connectivity index (χ0n) is 15.0. The summed E-state index contributed by atoms with van der Waals surface area (Å²) in [6, 6.07) is 9.50. The van der Waals surface area contributed by atoms with Crippen LogP contribution in [0.2, 0.25) is 0 Å². The number of hydrogen-bond acceptors (Lipinski definition) is 5. The molecular formula is C21H21O6+. The Morgan fingerprint density at radius 2 is 1.33 bits per heavy atom. The molecule has 0 atom stereocenters. The predicted molar refractivity (Wildman–Crippen MR) is 105 cm³/mol. The largest absolute Gasteiger partial charge is 0.508 e. The quantitative estimate of drug-likeness (QED) is 0.298. The molecule has 27 heavy (non-hydrogen) atoms. The number of benzene rings is 2. The van der Waals surface area contributed by atoms with Crippen molar-refractivity contribution < 1.29 is 29.6 Å². The van der Waals surface area contributed by atoms with Crippen LogP contribution in [0.25, 0.3) is 12.2 Å². The zero-order valence-corrected chi connectivity index (χ0v) is 15.0. The Morgan fingerprint density at radius 1 is 0.852 bits per heavy atom. The molecule has 2 aromatic rings. The molecule has 0 unspecified atom stereocenters. The number of carbonyl (C=O) groups excluding carboxylic acids is 1. The second-order valence-corrected chi connectivity index (χ2v) is 5.52. The van der Waals surface area contributed by atoms with Crippen LogP contribution in [-0.4, -0.2) is 40.1 Å². The Hall–Kier alpha value is -3.67. The molecule has 0 spiro atoms. The van der Waals surface area contributed by atoms with E-state index in [2.05, 4.69) is 0 Å². The average molecular weight is 369 g/mol. The fourth-order valence-electron chi connectivity index (χ4n) is 2.21. The van der Waals surface area contributed by atoms with E-state index in [4.69, 9.17) is 9.47 Å². The predicted octanol–water partition coefficient (Wildman–Crippen LogP) is 3.83. The van der Waals surface area contributed by atoms with Crippen molar-refractivity contribution in [2.24, 2.45) is 0 Å². The van der Waals surface area contributed by atoms with Crippen molar-refractivity contribution >= 4 is 17.9 Å². The van der Waals surface area contributed by atoms with E-state index in [0.717, 1.165) is 0 Å². The van der Waals surface area contributed by atoms with Crippen LogP contribution in [0.3, 0.4) is 0 Å². The van der Waals surface area contributed by atoms with Crippen LogP contribution in [0.4, 0.5) is 0 Å². The van der Waals surface area contributed by atoms with Crippen LogP contribution in [0.5, 0.6) is 23.0 Å². The molecule has 0 aliphatic rings. The zero-order chi connectivity index (χ0) is 19.8. The molecule has 0 bridgehead atoms. The third-order valence-electron chi connectivity index (χ3n) is 3.60. The molecule has 0 radical (unpaired) electrons. The molecule has 2 aromatic carbocycles. The number of aliphatic hydroxyl groups excluding tert-OH is 1. The van der Waals surface area contributed by atoms with Gasteiger partial charge in [-0.3, -0.25) is 4.79 Å². The maximum atomic E-state index is 9.90. The third-order valence-corrected chi connectivity index (χ3v) is 3.60. The lowest BCUT2D eigenvalue weighted by Gasteiger charge is -2.03. The number of hydrogen-bond donors (Lipinski definition) is 3. The fourth-order valence-corrected chi connectivity index (χ4v) is 2.21. The average Bonchev–Trinajstić information content (AvgIpc) is 2.66. The second kappa shape index (κ2) is 9.15. The Labute approximate surface area is 156 Å². The van der Waals surface area contributed by atoms with Crippen molar-refractivity contribution in [3.8, 4) is 23.0 Å². The molecule has 0 amide bonds. The number of aromatic hydroxyl groups is 2. The highest BCUT2D eigenvalue weighted by Gasteiger charge is 2.04. The summed E-state index contributed by atoms with van der Waals surface area (Å²) in [5.41, 5.74) is 1.41. The van der Waals surface area contributed by atoms with E-state index in [1.165, 1.54) is 44.6 Å². The van der Waals surface area contributed by atoms with Gasteiger partial charge in [-0.1, -0.05) is 18.2 Å². The minimum atomic E-state index is -0.160. The van der Waals surface area contributed by atoms with Crippen molar-refractivity contribution in [1.82, 2.24) is 0 Å². The first kappa shape index (κ1) is 19.7. The summed E-state index contributed by atoms with van der Waals surface area (Å²) >= 11 is 0. The molecule has 6 heteroatoms. The van der Waals surface area contributed by atoms with E-state index in [-0.39, 0.29) is 23.0 Å². The standard InChI is InChI=1S/C21H20O6/c1-26-20-11-14(5-9-18(20)24)3-7-16(22)13-17(23)8-4-15-6-10-19(25)21(12-15)27-2/h3-13,22,24-25H,1-2H3/p+1/b7-3+,8-4+,16-13?. The van der Waals surface area contributed by atoms with Crippen molar-refractivity contribution in [2.75, 3.05) is 14.2 Å². The van der Waals surface area contributed by atoms with E-state index in [1.807, 2.05) is 0 Å². The van der Waals surface area contributed by atoms with Crippen molar-refractivity contribution in [1.29, 1.82) is 0 Å². The molecule has 0 aromatic heterocycles. The van der Waals surface area contributed by atoms with Crippen molar-refractivity contribution in [3.05, 3.63) is 71.5 Å². The molecule has 140 valence electrons. The Kier molecular flexibility index (Phi) is 6.66. The van der Waals surface area contributed by atoms with E-state index >= 15 is 0 Å². The monoisotopic (exact) mass is 369 g/mol. The topological polar surface area (TPSA) is 101 Å². The van der Waals surface area contributed by atoms with Gasteiger partial charge in [0.15, 0.2) is 23.0 Å². The lowest BCUT2D eigenvalue weighted by Crippen LogP contribution is -1.90. The van der Waals surface area contributed by atoms with Gasteiger partial charge in [0.25, 0.3) is 0 Å². The molecule has 0 saturated carbocycles. The number of ketones is 1. The van der Waals surface area contributed by atoms with Crippen LogP contribution in [-0.2, 0) is 0 Å². The maximum Gasteiger partial charge on any atom is 0.343 e. The van der Waals surface area contributed by atoms with Crippen LogP contribution in [0.1, 0.15) is 11.1 Å². The number of aliphatic hydroxyl groups is 1. The third kappa shape index (κ3) is 5.67. The lowest BCUT2D eigenvalue weighted by atomic mass is 10.1. The molecule has 0 aliphatic carbocycles. The summed E-state index contributed by atoms with van der Waals surface area (Å²) in [5.74, 6) is 0.373. The molecular weight excluding hydrogens is 348 g/mol. The first-order chi connectivity index (χ1) is 12.9. The van der Waals surface area contributed by atoms with Crippen LogP contribution in [0, 0.1) is 0 Å². The van der Waals surface area contributed by atoms with Gasteiger partial charge in [0.05, 0.1) is 20.3 Å². The fraction of sp³-hybridized carbons (Fsp3) is 0.0952. The highest BCUT2D eigenvalue weighted by Crippen LogP contribution is 2.27. The number of methoxy groups -OCH3 is 2. The van der Waals surface area contributed by atoms with Crippen molar-refractivity contribution in [3.63, 3.8) is 0 Å². The summed E-state index contributed by atoms with van der Waals surface area (Å²) in [6.45, 7) is 0. The lowest BCUT2D eigenvalue weighted by molar-refractivity contribution is 0.373. The second-order valence-electron chi connectivity index (χ2n) is 5.52. The Morgan fingerprint density at radius 3 is 1.81 bits per heavy atom. The van der Waals surface area contributed by atoms with Gasteiger partial charge in [-0.15, -0.1) is 0 Å². The molecule has 0 aliphatic heterocycles. The molecule has 2 rings (SSSR count). The Bertz CT molecular complexity index is 909. The summed E-state index contributed by atoms with van der Waals surface area (Å²) < 4.78 is 10.0. The number of phenols is 2. The number of ether oxygens (including phenoxy) is 2. The van der Waals surface area contributed by atoms with Crippen molar-refractivity contribution in [2.45, 2.75) is 0 Å². The van der Waals surface area contributed by atoms with E-state index in [9.17, 15) is 20.1 Å². The minimum Gasteiger partial charge on any atom is -0.508 e. The van der Waals surface area contributed by atoms with E-state index in [0.29, 0.717) is 22.6 Å². The van der Waals surface area contributed by atoms with Gasteiger partial charge in [-0.25, -0.2) is 0 Å². The number of phenolic OH excluding ortho intramolecular Hbond substituents is 2. The maximum absolute atomic E-state index is 9.90. The van der Waals surface area contributed by atoms with Gasteiger partial charge in [-0.05, 0) is 47.5 Å². The summed E-state index contributed by atoms with van der Waals surface area (Å²) in [7, 11) is 2.89. The summed E-state index contributed by atoms with van der Waals surface area (Å²) in [5, 5.41) is 29.0. The smallest absolute Gasteiger partial charge is 0.343 e. The van der Waals surface area contributed by atoms with Gasteiger partial charge in [-0.2, -0.15) is 0 Å². The first-order valence-corrected chi connectivity index (χ1v) is 7.99. The highest BCUT2D eigenvalue weighted by molar-refractivity contribution is 6.03. The van der Waals surface area contributed by atoms with E-state index < -0.39 is 0 Å². The summed E-state index contributed by atoms with van der Waals surface area (Å²) in [6.07, 6.45) is 7.20. The van der Waals surface area contributed by atoms with Crippen LogP contribution in [0.15, 0.2) is 60.4 Å². The molecule has 0 saturated heterocycles. The van der Waals surface area contributed by atoms with Gasteiger partial charge < -0.3 is 24.8 Å². The van der Waals surface area contributed by atoms with Gasteiger partial charge in [0.1, 0.15) is 5.76 Å². The first-order valence-electron chi connectivity index (χ1n) is 7.99. The molecule has 4 N–H and O–H groups in total. The van der Waals surface area contributed by atoms with Crippen LogP contribution < -0.4 is 9.47 Å². The highest BCUT2D eigenvalue weighted by atomic mass is 16.5. The Balaban J connectivity index is 2.05. The SMILES string of the molecule is COc1cc(/C=C/C(=[OH+])C=C(O)/C=C/c2ccc(O)c(OC)c2)ccc1O. The van der Waals surface area contributed by atoms with Crippen LogP contribution >= 0.6 is 0 Å². The molecule has 6 nitrogen and oxygen atoms in total. The normalized spacial score (nSPS) is 11.9. The number of rotatable bonds is 7. The van der Waals surface area contributed by atoms with Gasteiger partial charge in [0.2, 0.25) is 0 Å². The van der Waals surface area contributed by atoms with Gasteiger partial charge >= 0.3 is 5.78 Å².